The fourth-order valence-electron chi connectivity index (χ4n) is 1.28. The number of carbonyl (C=O) groups excluding carboxylic acids is 1. The van der Waals surface area contributed by atoms with Crippen molar-refractivity contribution in [2.24, 2.45) is 0 Å². The van der Waals surface area contributed by atoms with Crippen molar-refractivity contribution in [3.05, 3.63) is 17.8 Å². The SMILES string of the molecule is COc1cc(B(O)O)c(C(=O)OC(C)(C)C)cn1. The summed E-state index contributed by atoms with van der Waals surface area (Å²) in [7, 11) is -0.410. The lowest BCUT2D eigenvalue weighted by molar-refractivity contribution is 0.00701. The number of carbonyl (C=O) groups is 1. The summed E-state index contributed by atoms with van der Waals surface area (Å²) in [5.74, 6) is -0.480. The first-order valence-electron chi connectivity index (χ1n) is 5.38. The van der Waals surface area contributed by atoms with Gasteiger partial charge < -0.3 is 19.5 Å². The van der Waals surface area contributed by atoms with Crippen molar-refractivity contribution in [3.8, 4) is 5.88 Å². The molecule has 0 saturated carbocycles. The molecule has 98 valence electrons. The highest BCUT2D eigenvalue weighted by Gasteiger charge is 2.26. The third-order valence-corrected chi connectivity index (χ3v) is 2.02. The highest BCUT2D eigenvalue weighted by Crippen LogP contribution is 2.12. The summed E-state index contributed by atoms with van der Waals surface area (Å²) in [6, 6.07) is 1.28. The Bertz CT molecular complexity index is 442. The first-order chi connectivity index (χ1) is 8.24. The molecule has 1 heterocycles. The Hall–Kier alpha value is -1.60. The monoisotopic (exact) mass is 253 g/mol. The van der Waals surface area contributed by atoms with Crippen LogP contribution in [0.1, 0.15) is 31.1 Å². The Labute approximate surface area is 106 Å². The summed E-state index contributed by atoms with van der Waals surface area (Å²) in [5.41, 5.74) is -0.675. The van der Waals surface area contributed by atoms with Crippen LogP contribution in [-0.2, 0) is 4.74 Å². The van der Waals surface area contributed by atoms with Gasteiger partial charge in [-0.1, -0.05) is 0 Å². The zero-order valence-electron chi connectivity index (χ0n) is 10.8. The van der Waals surface area contributed by atoms with E-state index in [1.54, 1.807) is 20.8 Å². The maximum absolute atomic E-state index is 11.9. The molecule has 0 aliphatic rings. The molecule has 6 nitrogen and oxygen atoms in total. The molecule has 0 aliphatic carbocycles. The number of esters is 1. The minimum absolute atomic E-state index is 0.000671. The predicted octanol–water partition coefficient (Wildman–Crippen LogP) is -0.275. The van der Waals surface area contributed by atoms with Gasteiger partial charge >= 0.3 is 13.1 Å². The van der Waals surface area contributed by atoms with Gasteiger partial charge in [0.2, 0.25) is 5.88 Å². The van der Waals surface area contributed by atoms with Crippen molar-refractivity contribution in [2.75, 3.05) is 7.11 Å². The summed E-state index contributed by atoms with van der Waals surface area (Å²) in [6.07, 6.45) is 1.20. The Kier molecular flexibility index (Phi) is 4.31. The molecule has 0 unspecified atom stereocenters. The van der Waals surface area contributed by atoms with Gasteiger partial charge in [0.1, 0.15) is 5.60 Å². The van der Waals surface area contributed by atoms with Crippen molar-refractivity contribution >= 4 is 18.6 Å². The van der Waals surface area contributed by atoms with Crippen molar-refractivity contribution in [1.82, 2.24) is 4.98 Å². The van der Waals surface area contributed by atoms with Gasteiger partial charge in [0.25, 0.3) is 0 Å². The van der Waals surface area contributed by atoms with Gasteiger partial charge in [0, 0.05) is 17.7 Å². The van der Waals surface area contributed by atoms with Crippen LogP contribution in [-0.4, -0.2) is 40.8 Å². The van der Waals surface area contributed by atoms with E-state index >= 15 is 0 Å². The molecule has 1 aromatic rings. The van der Waals surface area contributed by atoms with E-state index < -0.39 is 18.7 Å². The number of hydrogen-bond acceptors (Lipinski definition) is 6. The van der Waals surface area contributed by atoms with Crippen LogP contribution in [0.25, 0.3) is 0 Å². The van der Waals surface area contributed by atoms with Crippen molar-refractivity contribution in [1.29, 1.82) is 0 Å². The molecular formula is C11H16BNO5. The normalized spacial score (nSPS) is 11.0. The number of nitrogens with zero attached hydrogens (tertiary/aromatic N) is 1. The second-order valence-corrected chi connectivity index (χ2v) is 4.69. The quantitative estimate of drug-likeness (QED) is 0.569. The van der Waals surface area contributed by atoms with Gasteiger partial charge in [-0.25, -0.2) is 9.78 Å². The third kappa shape index (κ3) is 3.71. The van der Waals surface area contributed by atoms with Crippen LogP contribution in [0.5, 0.6) is 5.88 Å². The summed E-state index contributed by atoms with van der Waals surface area (Å²) in [5, 5.41) is 18.5. The van der Waals surface area contributed by atoms with E-state index in [0.717, 1.165) is 0 Å². The van der Waals surface area contributed by atoms with E-state index in [0.29, 0.717) is 0 Å². The fraction of sp³-hybridized carbons (Fsp3) is 0.455. The minimum atomic E-state index is -1.80. The fourth-order valence-corrected chi connectivity index (χ4v) is 1.28. The molecule has 0 fully saturated rings. The van der Waals surface area contributed by atoms with E-state index in [9.17, 15) is 14.8 Å². The molecule has 7 heteroatoms. The molecule has 0 aromatic carbocycles. The van der Waals surface area contributed by atoms with Crippen LogP contribution < -0.4 is 10.2 Å². The summed E-state index contributed by atoms with van der Waals surface area (Å²) >= 11 is 0. The van der Waals surface area contributed by atoms with Crippen LogP contribution in [0.15, 0.2) is 12.3 Å². The van der Waals surface area contributed by atoms with Gasteiger partial charge in [0.15, 0.2) is 0 Å². The Morgan fingerprint density at radius 1 is 1.39 bits per heavy atom. The van der Waals surface area contributed by atoms with Crippen molar-refractivity contribution in [2.45, 2.75) is 26.4 Å². The summed E-state index contributed by atoms with van der Waals surface area (Å²) in [4.78, 5) is 15.7. The molecule has 0 aliphatic heterocycles. The second kappa shape index (κ2) is 5.37. The van der Waals surface area contributed by atoms with Crippen LogP contribution in [0.2, 0.25) is 0 Å². The molecule has 1 aromatic heterocycles. The Balaban J connectivity index is 3.12. The minimum Gasteiger partial charge on any atom is -0.481 e. The average molecular weight is 253 g/mol. The molecule has 0 atom stereocenters. The highest BCUT2D eigenvalue weighted by atomic mass is 16.6. The molecule has 1 rings (SSSR count). The largest absolute Gasteiger partial charge is 0.489 e. The molecule has 0 radical (unpaired) electrons. The maximum Gasteiger partial charge on any atom is 0.489 e. The first kappa shape index (κ1) is 14.5. The van der Waals surface area contributed by atoms with E-state index in [1.807, 2.05) is 0 Å². The molecule has 2 N–H and O–H groups in total. The molecule has 0 spiro atoms. The highest BCUT2D eigenvalue weighted by molar-refractivity contribution is 6.60. The average Bonchev–Trinajstić information content (AvgIpc) is 2.25. The smallest absolute Gasteiger partial charge is 0.481 e. The van der Waals surface area contributed by atoms with Gasteiger partial charge in [-0.2, -0.15) is 0 Å². The van der Waals surface area contributed by atoms with Gasteiger partial charge in [-0.3, -0.25) is 0 Å². The lowest BCUT2D eigenvalue weighted by atomic mass is 9.77. The van der Waals surface area contributed by atoms with Crippen LogP contribution >= 0.6 is 0 Å². The van der Waals surface area contributed by atoms with Crippen LogP contribution in [0.3, 0.4) is 0 Å². The zero-order valence-corrected chi connectivity index (χ0v) is 10.8. The maximum atomic E-state index is 11.9. The number of ether oxygens (including phenoxy) is 2. The van der Waals surface area contributed by atoms with Crippen molar-refractivity contribution in [3.63, 3.8) is 0 Å². The number of pyridine rings is 1. The molecule has 0 amide bonds. The number of methoxy groups -OCH3 is 1. The van der Waals surface area contributed by atoms with Crippen LogP contribution in [0.4, 0.5) is 0 Å². The van der Waals surface area contributed by atoms with E-state index in [2.05, 4.69) is 4.98 Å². The molecule has 18 heavy (non-hydrogen) atoms. The Morgan fingerprint density at radius 3 is 2.44 bits per heavy atom. The third-order valence-electron chi connectivity index (χ3n) is 2.02. The lowest BCUT2D eigenvalue weighted by Crippen LogP contribution is -2.37. The number of rotatable bonds is 3. The molecule has 0 saturated heterocycles. The molecule has 0 bridgehead atoms. The van der Waals surface area contributed by atoms with E-state index in [-0.39, 0.29) is 16.9 Å². The zero-order chi connectivity index (χ0) is 13.9. The predicted molar refractivity (Wildman–Crippen MR) is 65.8 cm³/mol. The number of aromatic nitrogens is 1. The van der Waals surface area contributed by atoms with Gasteiger partial charge in [0.05, 0.1) is 12.7 Å². The lowest BCUT2D eigenvalue weighted by Gasteiger charge is -2.20. The van der Waals surface area contributed by atoms with E-state index in [1.165, 1.54) is 19.4 Å². The van der Waals surface area contributed by atoms with E-state index in [4.69, 9.17) is 9.47 Å². The summed E-state index contributed by atoms with van der Waals surface area (Å²) in [6.45, 7) is 5.16. The standard InChI is InChI=1S/C11H16BNO5/c1-11(2,3)18-10(14)7-6-13-9(17-4)5-8(7)12(15)16/h5-6,15-16H,1-4H3. The summed E-state index contributed by atoms with van der Waals surface area (Å²) < 4.78 is 10.0. The number of hydrogen-bond donors (Lipinski definition) is 2. The van der Waals surface area contributed by atoms with Gasteiger partial charge in [-0.15, -0.1) is 0 Å². The van der Waals surface area contributed by atoms with Gasteiger partial charge in [-0.05, 0) is 20.8 Å². The topological polar surface area (TPSA) is 88.9 Å². The van der Waals surface area contributed by atoms with Crippen molar-refractivity contribution < 1.29 is 24.3 Å². The molecular weight excluding hydrogens is 237 g/mol. The second-order valence-electron chi connectivity index (χ2n) is 4.69. The first-order valence-corrected chi connectivity index (χ1v) is 5.38. The van der Waals surface area contributed by atoms with Crippen LogP contribution in [0, 0.1) is 0 Å². The Morgan fingerprint density at radius 2 is 2.00 bits per heavy atom.